The number of nitrogens with zero attached hydrogens (tertiary/aromatic N) is 8. The Bertz CT molecular complexity index is 1860. The second kappa shape index (κ2) is 16.3. The van der Waals surface area contributed by atoms with Gasteiger partial charge < -0.3 is 46.1 Å². The predicted molar refractivity (Wildman–Crippen MR) is 184 cm³/mol. The van der Waals surface area contributed by atoms with Crippen LogP contribution in [0.5, 0.6) is 0 Å². The van der Waals surface area contributed by atoms with Crippen LogP contribution in [0.15, 0.2) is 55.4 Å². The number of ether oxygens (including phenoxy) is 3. The van der Waals surface area contributed by atoms with Crippen molar-refractivity contribution in [2.45, 2.75) is 69.3 Å². The van der Waals surface area contributed by atoms with E-state index in [-0.39, 0.29) is 30.3 Å². The maximum Gasteiger partial charge on any atom is 0.450 e. The Labute approximate surface area is 300 Å². The summed E-state index contributed by atoms with van der Waals surface area (Å²) in [6.45, 7) is 4.03. The maximum atomic E-state index is 11.5. The van der Waals surface area contributed by atoms with Crippen molar-refractivity contribution in [1.29, 1.82) is 0 Å². The van der Waals surface area contributed by atoms with Crippen LogP contribution < -0.4 is 11.5 Å². The van der Waals surface area contributed by atoms with Crippen LogP contribution in [0.25, 0.3) is 11.3 Å². The topological polar surface area (TPSA) is 247 Å². The highest BCUT2D eigenvalue weighted by molar-refractivity contribution is 7.54. The molecule has 4 aromatic heterocycles. The fourth-order valence-electron chi connectivity index (χ4n) is 5.91. The number of rotatable bonds is 7. The van der Waals surface area contributed by atoms with Gasteiger partial charge in [-0.15, -0.1) is 0 Å². The summed E-state index contributed by atoms with van der Waals surface area (Å²) in [5, 5.41) is 48.5. The maximum absolute atomic E-state index is 11.5. The fourth-order valence-corrected chi connectivity index (χ4v) is 5.91. The minimum atomic E-state index is -1.69. The molecule has 0 radical (unpaired) electrons. The smallest absolute Gasteiger partial charge is 0.394 e. The SMILES string of the molecule is CC[C@H]1OC(O)(c2cnc3c(N)ncnn23)[C@H](OCc2ccccc2)[C@@H]1C.ClB(Cl)Cl.Nc1ncnn2c(C3O[C@H](CO)[C@@H](O)[C@H]3O)cnc12. The summed E-state index contributed by atoms with van der Waals surface area (Å²) in [5.74, 6) is -1.27. The molecule has 17 nitrogen and oxygen atoms in total. The Morgan fingerprint density at radius 3 is 2.12 bits per heavy atom. The molecule has 50 heavy (non-hydrogen) atoms. The number of fused-ring (bicyclic) bond motifs is 2. The van der Waals surface area contributed by atoms with Crippen molar-refractivity contribution in [2.24, 2.45) is 5.92 Å². The molecule has 2 aliphatic heterocycles. The van der Waals surface area contributed by atoms with Crippen LogP contribution in [0.3, 0.4) is 0 Å². The average Bonchev–Trinajstić information content (AvgIpc) is 3.85. The highest BCUT2D eigenvalue weighted by Crippen LogP contribution is 2.44. The van der Waals surface area contributed by atoms with E-state index in [1.165, 1.54) is 34.1 Å². The Hall–Kier alpha value is -3.43. The first-order valence-corrected chi connectivity index (χ1v) is 16.7. The third-order valence-corrected chi connectivity index (χ3v) is 8.34. The number of hydrogen-bond acceptors (Lipinski definition) is 15. The molecule has 8 atom stereocenters. The number of halogens is 3. The van der Waals surface area contributed by atoms with Crippen LogP contribution in [-0.2, 0) is 26.6 Å². The average molecular weight is 754 g/mol. The lowest BCUT2D eigenvalue weighted by Crippen LogP contribution is -2.41. The van der Waals surface area contributed by atoms with Crippen LogP contribution in [0.2, 0.25) is 0 Å². The van der Waals surface area contributed by atoms with Crippen molar-refractivity contribution in [1.82, 2.24) is 39.2 Å². The monoisotopic (exact) mass is 752 g/mol. The molecule has 0 aliphatic carbocycles. The van der Waals surface area contributed by atoms with Gasteiger partial charge >= 0.3 is 4.96 Å². The van der Waals surface area contributed by atoms with Crippen LogP contribution in [0.1, 0.15) is 43.3 Å². The molecular formula is C29H36BCl3N10O7. The molecule has 0 saturated carbocycles. The minimum Gasteiger partial charge on any atom is -0.394 e. The second-order valence-corrected chi connectivity index (χ2v) is 13.4. The highest BCUT2D eigenvalue weighted by atomic mass is 35.6. The Morgan fingerprint density at radius 1 is 0.920 bits per heavy atom. The number of hydrogen-bond donors (Lipinski definition) is 6. The molecule has 0 bridgehead atoms. The van der Waals surface area contributed by atoms with Gasteiger partial charge in [-0.1, -0.05) is 44.2 Å². The first kappa shape index (κ1) is 37.8. The second-order valence-electron chi connectivity index (χ2n) is 11.4. The van der Waals surface area contributed by atoms with Crippen LogP contribution in [-0.4, -0.2) is 102 Å². The molecule has 5 aromatic rings. The molecule has 0 spiro atoms. The molecule has 1 aromatic carbocycles. The largest absolute Gasteiger partial charge is 0.450 e. The van der Waals surface area contributed by atoms with E-state index < -0.39 is 41.3 Å². The summed E-state index contributed by atoms with van der Waals surface area (Å²) in [4.78, 5) is 15.3. The van der Waals surface area contributed by atoms with Crippen LogP contribution in [0.4, 0.5) is 11.6 Å². The number of anilines is 2. The first-order chi connectivity index (χ1) is 23.9. The molecule has 0 amide bonds. The number of nitrogen functional groups attached to an aromatic ring is 2. The molecule has 21 heteroatoms. The molecular weight excluding hydrogens is 718 g/mol. The summed E-state index contributed by atoms with van der Waals surface area (Å²) < 4.78 is 20.5. The molecule has 7 rings (SSSR count). The molecule has 268 valence electrons. The van der Waals surface area contributed by atoms with Gasteiger partial charge in [-0.2, -0.15) is 44.6 Å². The summed E-state index contributed by atoms with van der Waals surface area (Å²) in [7, 11) is 0. The zero-order valence-corrected chi connectivity index (χ0v) is 29.1. The van der Waals surface area contributed by atoms with Gasteiger partial charge in [0, 0.05) is 5.92 Å². The lowest BCUT2D eigenvalue weighted by Gasteiger charge is -2.29. The first-order valence-electron chi connectivity index (χ1n) is 15.4. The number of benzene rings is 1. The fraction of sp³-hybridized carbons (Fsp3) is 0.448. The van der Waals surface area contributed by atoms with Gasteiger partial charge in [0.05, 0.1) is 37.4 Å². The van der Waals surface area contributed by atoms with Crippen molar-refractivity contribution < 1.29 is 34.6 Å². The lowest BCUT2D eigenvalue weighted by molar-refractivity contribution is -0.251. The summed E-state index contributed by atoms with van der Waals surface area (Å²) in [6, 6.07) is 9.84. The van der Waals surface area contributed by atoms with Crippen molar-refractivity contribution in [3.8, 4) is 0 Å². The van der Waals surface area contributed by atoms with Crippen molar-refractivity contribution >= 4 is 62.3 Å². The molecule has 2 saturated heterocycles. The van der Waals surface area contributed by atoms with Crippen molar-refractivity contribution in [2.75, 3.05) is 18.1 Å². The van der Waals surface area contributed by atoms with E-state index in [0.29, 0.717) is 29.3 Å². The van der Waals surface area contributed by atoms with Gasteiger partial charge in [-0.3, -0.25) is 0 Å². The Balaban J connectivity index is 0.000000184. The zero-order chi connectivity index (χ0) is 36.2. The summed E-state index contributed by atoms with van der Waals surface area (Å²) >= 11 is 14.4. The normalized spacial score (nSPS) is 27.5. The molecule has 6 heterocycles. The summed E-state index contributed by atoms with van der Waals surface area (Å²) in [5.41, 5.74) is 14.1. The van der Waals surface area contributed by atoms with E-state index >= 15 is 0 Å². The molecule has 8 N–H and O–H groups in total. The predicted octanol–water partition coefficient (Wildman–Crippen LogP) is 1.43. The van der Waals surface area contributed by atoms with Gasteiger partial charge in [0.15, 0.2) is 22.9 Å². The molecule has 2 aliphatic rings. The third kappa shape index (κ3) is 7.74. The standard InChI is InChI=1S/C19H23N5O3.C10H13N5O4.BCl3/c1-3-14-12(2)16(26-10-13-7-5-4-6-8-13)19(25,27-14)15-9-21-18-17(20)22-11-23-24(15)18;11-9-10-12-1-4(15(10)14-3-13-9)8-7(18)6(17)5(2-16)19-8;2-1(3)4/h4-9,11-12,14,16,25H,3,10H2,1-2H3,(H2,20,22,23);1,3,5-8,16-18H,2H2,(H2,11,13,14);/t12-,14-,16-,19?;5-,6-,7-,8?;/m11./s1. The van der Waals surface area contributed by atoms with E-state index in [1.54, 1.807) is 0 Å². The van der Waals surface area contributed by atoms with Crippen LogP contribution in [0, 0.1) is 5.92 Å². The van der Waals surface area contributed by atoms with Gasteiger partial charge in [-0.05, 0) is 12.0 Å². The van der Waals surface area contributed by atoms with E-state index in [9.17, 15) is 15.3 Å². The lowest BCUT2D eigenvalue weighted by atomic mass is 9.93. The molecule has 2 fully saturated rings. The van der Waals surface area contributed by atoms with Crippen molar-refractivity contribution in [3.05, 3.63) is 72.3 Å². The van der Waals surface area contributed by atoms with Gasteiger partial charge in [0.2, 0.25) is 5.79 Å². The number of aliphatic hydroxyl groups is 4. The number of aliphatic hydroxyl groups excluding tert-OH is 3. The number of nitrogens with two attached hydrogens (primary N) is 2. The molecule has 2 unspecified atom stereocenters. The van der Waals surface area contributed by atoms with Crippen molar-refractivity contribution in [3.63, 3.8) is 0 Å². The Kier molecular flexibility index (Phi) is 12.3. The van der Waals surface area contributed by atoms with E-state index in [1.807, 2.05) is 44.2 Å². The highest BCUT2D eigenvalue weighted by Gasteiger charge is 2.55. The minimum absolute atomic E-state index is 0.0200. The van der Waals surface area contributed by atoms with E-state index in [4.69, 9.17) is 65.2 Å². The number of aromatic nitrogens is 8. The van der Waals surface area contributed by atoms with E-state index in [2.05, 4.69) is 30.1 Å². The summed E-state index contributed by atoms with van der Waals surface area (Å²) in [6.07, 6.45) is 1.54. The van der Waals surface area contributed by atoms with Gasteiger partial charge in [0.1, 0.15) is 48.9 Å². The van der Waals surface area contributed by atoms with Gasteiger partial charge in [-0.25, -0.2) is 29.0 Å². The zero-order valence-electron chi connectivity index (χ0n) is 26.8. The van der Waals surface area contributed by atoms with Crippen LogP contribution >= 0.6 is 34.4 Å². The third-order valence-electron chi connectivity index (χ3n) is 8.34. The van der Waals surface area contributed by atoms with Gasteiger partial charge in [0.25, 0.3) is 0 Å². The number of imidazole rings is 2. The van der Waals surface area contributed by atoms with E-state index in [0.717, 1.165) is 12.0 Å². The quantitative estimate of drug-likeness (QED) is 0.129. The Morgan fingerprint density at radius 2 is 1.52 bits per heavy atom.